The van der Waals surface area contributed by atoms with E-state index in [1.54, 1.807) is 28.9 Å². The van der Waals surface area contributed by atoms with E-state index in [-0.39, 0.29) is 11.7 Å². The van der Waals surface area contributed by atoms with Gasteiger partial charge in [-0.25, -0.2) is 0 Å². The number of tetrazole rings is 1. The minimum absolute atomic E-state index is 0.154. The number of nitrogens with one attached hydrogen (secondary N) is 1. The van der Waals surface area contributed by atoms with E-state index in [9.17, 15) is 9.90 Å². The van der Waals surface area contributed by atoms with Crippen molar-refractivity contribution in [1.82, 2.24) is 20.2 Å². The molecule has 1 unspecified atom stereocenters. The number of phenols is 1. The largest absolute Gasteiger partial charge is 0.508 e. The molecule has 0 radical (unpaired) electrons. The van der Waals surface area contributed by atoms with Gasteiger partial charge in [0.1, 0.15) is 11.0 Å². The molecule has 0 spiro atoms. The van der Waals surface area contributed by atoms with Crippen LogP contribution >= 0.6 is 11.8 Å². The molecule has 0 bridgehead atoms. The second-order valence-electron chi connectivity index (χ2n) is 7.11. The summed E-state index contributed by atoms with van der Waals surface area (Å²) in [4.78, 5) is 13.4. The summed E-state index contributed by atoms with van der Waals surface area (Å²) < 4.78 is 1.55. The van der Waals surface area contributed by atoms with Crippen LogP contribution < -0.4 is 5.32 Å². The van der Waals surface area contributed by atoms with Crippen molar-refractivity contribution in [2.45, 2.75) is 24.3 Å². The molecule has 8 heteroatoms. The molecule has 1 amide bonds. The molecular formula is C23H21N5O2S. The van der Waals surface area contributed by atoms with Crippen LogP contribution in [0.25, 0.3) is 5.69 Å². The predicted octanol–water partition coefficient (Wildman–Crippen LogP) is 4.46. The third kappa shape index (κ3) is 4.75. The first-order valence-electron chi connectivity index (χ1n) is 9.69. The van der Waals surface area contributed by atoms with E-state index in [1.165, 1.54) is 11.8 Å². The Morgan fingerprint density at radius 2 is 1.77 bits per heavy atom. The Hall–Kier alpha value is -3.65. The van der Waals surface area contributed by atoms with Crippen LogP contribution in [-0.4, -0.2) is 31.2 Å². The zero-order valence-electron chi connectivity index (χ0n) is 17.1. The molecule has 4 rings (SSSR count). The number of nitrogens with zero attached hydrogens (tertiary/aromatic N) is 4. The lowest BCUT2D eigenvalue weighted by Gasteiger charge is -2.18. The fourth-order valence-electron chi connectivity index (χ4n) is 3.08. The maximum Gasteiger partial charge on any atom is 0.242 e. The fourth-order valence-corrected chi connectivity index (χ4v) is 4.08. The van der Waals surface area contributed by atoms with E-state index < -0.39 is 5.25 Å². The Balaban J connectivity index is 1.66. The second kappa shape index (κ2) is 9.01. The Kier molecular flexibility index (Phi) is 5.99. The summed E-state index contributed by atoms with van der Waals surface area (Å²) in [5.41, 5.74) is 4.37. The van der Waals surface area contributed by atoms with Gasteiger partial charge in [0.05, 0.1) is 5.69 Å². The highest BCUT2D eigenvalue weighted by molar-refractivity contribution is 8.00. The lowest BCUT2D eigenvalue weighted by atomic mass is 10.1. The van der Waals surface area contributed by atoms with E-state index in [1.807, 2.05) is 62.4 Å². The predicted molar refractivity (Wildman–Crippen MR) is 120 cm³/mol. The van der Waals surface area contributed by atoms with Crippen molar-refractivity contribution in [2.24, 2.45) is 0 Å². The summed E-state index contributed by atoms with van der Waals surface area (Å²) >= 11 is 1.26. The van der Waals surface area contributed by atoms with Gasteiger partial charge in [-0.05, 0) is 71.3 Å². The van der Waals surface area contributed by atoms with Gasteiger partial charge in [-0.3, -0.25) is 4.79 Å². The molecule has 2 N–H and O–H groups in total. The highest BCUT2D eigenvalue weighted by Crippen LogP contribution is 2.36. The standard InChI is InChI=1S/C23H21N5O2S/c1-15-8-9-16(2)20(14-15)24-22(30)21(17-6-4-3-5-7-17)31-23-25-26-27-28(23)18-10-12-19(29)13-11-18/h3-14,21,29H,1-2H3,(H,24,30). The highest BCUT2D eigenvalue weighted by atomic mass is 32.2. The van der Waals surface area contributed by atoms with Crippen LogP contribution in [0.3, 0.4) is 0 Å². The number of aromatic nitrogens is 4. The zero-order valence-corrected chi connectivity index (χ0v) is 17.9. The summed E-state index contributed by atoms with van der Waals surface area (Å²) in [6.45, 7) is 3.95. The number of hydrogen-bond donors (Lipinski definition) is 2. The van der Waals surface area contributed by atoms with Crippen LogP contribution in [-0.2, 0) is 4.79 Å². The number of phenolic OH excluding ortho intramolecular Hbond substituents is 1. The topological polar surface area (TPSA) is 92.9 Å². The van der Waals surface area contributed by atoms with Crippen LogP contribution in [0.4, 0.5) is 5.69 Å². The number of anilines is 1. The minimum Gasteiger partial charge on any atom is -0.508 e. The molecule has 0 aliphatic heterocycles. The number of carbonyl (C=O) groups is 1. The summed E-state index contributed by atoms with van der Waals surface area (Å²) in [5.74, 6) is -0.00810. The van der Waals surface area contributed by atoms with Crippen LogP contribution in [0.2, 0.25) is 0 Å². The molecule has 1 atom stereocenters. The quantitative estimate of drug-likeness (QED) is 0.438. The maximum absolute atomic E-state index is 13.4. The first kappa shape index (κ1) is 20.6. The molecule has 0 saturated carbocycles. The molecule has 0 fully saturated rings. The number of carbonyl (C=O) groups excluding carboxylic acids is 1. The van der Waals surface area contributed by atoms with Gasteiger partial charge in [0.15, 0.2) is 0 Å². The highest BCUT2D eigenvalue weighted by Gasteiger charge is 2.26. The van der Waals surface area contributed by atoms with Crippen LogP contribution in [0, 0.1) is 13.8 Å². The fraction of sp³-hybridized carbons (Fsp3) is 0.130. The molecule has 0 aliphatic rings. The van der Waals surface area contributed by atoms with Crippen LogP contribution in [0.15, 0.2) is 78.0 Å². The van der Waals surface area contributed by atoms with Gasteiger partial charge in [0.25, 0.3) is 0 Å². The molecular weight excluding hydrogens is 410 g/mol. The SMILES string of the molecule is Cc1ccc(C)c(NC(=O)C(Sc2nnnn2-c2ccc(O)cc2)c2ccccc2)c1. The summed E-state index contributed by atoms with van der Waals surface area (Å²) in [6, 6.07) is 22.0. The third-order valence-electron chi connectivity index (χ3n) is 4.75. The van der Waals surface area contributed by atoms with Crippen molar-refractivity contribution in [2.75, 3.05) is 5.32 Å². The van der Waals surface area contributed by atoms with Gasteiger partial charge < -0.3 is 10.4 Å². The first-order chi connectivity index (χ1) is 15.0. The average Bonchev–Trinajstić information content (AvgIpc) is 3.24. The monoisotopic (exact) mass is 431 g/mol. The van der Waals surface area contributed by atoms with Crippen molar-refractivity contribution >= 4 is 23.4 Å². The molecule has 0 saturated heterocycles. The number of hydrogen-bond acceptors (Lipinski definition) is 6. The lowest BCUT2D eigenvalue weighted by molar-refractivity contribution is -0.115. The molecule has 156 valence electrons. The van der Waals surface area contributed by atoms with Gasteiger partial charge in [-0.1, -0.05) is 54.2 Å². The van der Waals surface area contributed by atoms with Crippen LogP contribution in [0.1, 0.15) is 21.9 Å². The lowest BCUT2D eigenvalue weighted by Crippen LogP contribution is -2.20. The van der Waals surface area contributed by atoms with Gasteiger partial charge >= 0.3 is 0 Å². The van der Waals surface area contributed by atoms with Gasteiger partial charge in [-0.15, -0.1) is 5.10 Å². The minimum atomic E-state index is -0.567. The number of aryl methyl sites for hydroxylation is 2. The van der Waals surface area contributed by atoms with Crippen molar-refractivity contribution in [3.8, 4) is 11.4 Å². The zero-order chi connectivity index (χ0) is 21.8. The molecule has 31 heavy (non-hydrogen) atoms. The van der Waals surface area contributed by atoms with Gasteiger partial charge in [0.2, 0.25) is 11.1 Å². The van der Waals surface area contributed by atoms with E-state index in [0.29, 0.717) is 10.8 Å². The molecule has 7 nitrogen and oxygen atoms in total. The average molecular weight is 432 g/mol. The summed E-state index contributed by atoms with van der Waals surface area (Å²) in [7, 11) is 0. The number of benzene rings is 3. The molecule has 3 aromatic carbocycles. The first-order valence-corrected chi connectivity index (χ1v) is 10.6. The van der Waals surface area contributed by atoms with E-state index in [2.05, 4.69) is 20.8 Å². The van der Waals surface area contributed by atoms with Crippen LogP contribution in [0.5, 0.6) is 5.75 Å². The number of amides is 1. The number of aromatic hydroxyl groups is 1. The molecule has 1 aromatic heterocycles. The van der Waals surface area contributed by atoms with Crippen molar-refractivity contribution < 1.29 is 9.90 Å². The summed E-state index contributed by atoms with van der Waals surface area (Å²) in [5, 5.41) is 24.5. The Labute approximate surface area is 184 Å². The Morgan fingerprint density at radius 1 is 1.03 bits per heavy atom. The molecule has 1 heterocycles. The number of thioether (sulfide) groups is 1. The molecule has 4 aromatic rings. The van der Waals surface area contributed by atoms with Gasteiger partial charge in [-0.2, -0.15) is 4.68 Å². The van der Waals surface area contributed by atoms with E-state index in [4.69, 9.17) is 0 Å². The third-order valence-corrected chi connectivity index (χ3v) is 5.94. The van der Waals surface area contributed by atoms with E-state index in [0.717, 1.165) is 22.4 Å². The van der Waals surface area contributed by atoms with Crippen molar-refractivity contribution in [3.63, 3.8) is 0 Å². The maximum atomic E-state index is 13.4. The Bertz CT molecular complexity index is 1190. The normalized spacial score (nSPS) is 11.8. The van der Waals surface area contributed by atoms with E-state index >= 15 is 0 Å². The smallest absolute Gasteiger partial charge is 0.242 e. The number of rotatable bonds is 6. The van der Waals surface area contributed by atoms with Gasteiger partial charge in [0, 0.05) is 5.69 Å². The second-order valence-corrected chi connectivity index (χ2v) is 8.18. The molecule has 0 aliphatic carbocycles. The Morgan fingerprint density at radius 3 is 2.52 bits per heavy atom. The van der Waals surface area contributed by atoms with Crippen molar-refractivity contribution in [1.29, 1.82) is 0 Å². The van der Waals surface area contributed by atoms with Crippen molar-refractivity contribution in [3.05, 3.63) is 89.5 Å². The summed E-state index contributed by atoms with van der Waals surface area (Å²) in [6.07, 6.45) is 0.